The van der Waals surface area contributed by atoms with E-state index in [-0.39, 0.29) is 32.0 Å². The number of allylic oxidation sites excluding steroid dienone is 10. The summed E-state index contributed by atoms with van der Waals surface area (Å²) in [5.74, 6) is -0.801. The number of phosphoric ester groups is 1. The van der Waals surface area contributed by atoms with E-state index in [4.69, 9.17) is 18.5 Å². The fraction of sp³-hybridized carbons (Fsp3) is 0.797. The van der Waals surface area contributed by atoms with Crippen molar-refractivity contribution in [1.29, 1.82) is 0 Å². The quantitative estimate of drug-likeness (QED) is 0.0211. The van der Waals surface area contributed by atoms with Crippen molar-refractivity contribution in [2.45, 2.75) is 258 Å². The van der Waals surface area contributed by atoms with Crippen LogP contribution in [0.5, 0.6) is 0 Å². The van der Waals surface area contributed by atoms with Crippen molar-refractivity contribution in [3.05, 3.63) is 60.8 Å². The van der Waals surface area contributed by atoms with E-state index in [1.54, 1.807) is 0 Å². The van der Waals surface area contributed by atoms with Crippen LogP contribution in [-0.4, -0.2) is 74.9 Å². The SMILES string of the molecule is CC/C=C\C/C=C\C/C=C\C/C=C\CCCCCCCCCCCCCCCCCCCCCCC(=O)OC(COC(=O)CCCCCCC/C=C\CCCCC)COP(=O)(O)OCC[N+](C)(C)C. The molecule has 0 amide bonds. The molecule has 0 rings (SSSR count). The number of hydrogen-bond acceptors (Lipinski definition) is 7. The van der Waals surface area contributed by atoms with Crippen LogP contribution in [0.2, 0.25) is 0 Å². The molecule has 0 aliphatic heterocycles. The normalized spacial score (nSPS) is 13.8. The number of carbonyl (C=O) groups is 2. The van der Waals surface area contributed by atoms with Crippen LogP contribution >= 0.6 is 7.82 Å². The van der Waals surface area contributed by atoms with Crippen LogP contribution in [0.1, 0.15) is 251 Å². The number of nitrogens with zero attached hydrogens (tertiary/aromatic N) is 1. The van der Waals surface area contributed by atoms with Gasteiger partial charge in [-0.15, -0.1) is 0 Å². The Morgan fingerprint density at radius 3 is 1.25 bits per heavy atom. The van der Waals surface area contributed by atoms with Gasteiger partial charge in [-0.3, -0.25) is 18.6 Å². The summed E-state index contributed by atoms with van der Waals surface area (Å²) in [5.41, 5.74) is 0. The van der Waals surface area contributed by atoms with Crippen LogP contribution in [0.3, 0.4) is 0 Å². The molecule has 0 aliphatic carbocycles. The van der Waals surface area contributed by atoms with Gasteiger partial charge in [-0.2, -0.15) is 0 Å². The highest BCUT2D eigenvalue weighted by Crippen LogP contribution is 2.43. The third kappa shape index (κ3) is 54.9. The summed E-state index contributed by atoms with van der Waals surface area (Å²) in [6.07, 6.45) is 64.5. The van der Waals surface area contributed by atoms with Crippen molar-refractivity contribution >= 4 is 19.8 Å². The van der Waals surface area contributed by atoms with Crippen molar-refractivity contribution in [2.75, 3.05) is 47.5 Å². The third-order valence-corrected chi connectivity index (χ3v) is 13.3. The summed E-state index contributed by atoms with van der Waals surface area (Å²) >= 11 is 0. The molecular weight excluding hydrogens is 882 g/mol. The highest BCUT2D eigenvalue weighted by Gasteiger charge is 2.27. The first-order valence-electron chi connectivity index (χ1n) is 28.5. The van der Waals surface area contributed by atoms with E-state index < -0.39 is 26.5 Å². The van der Waals surface area contributed by atoms with Gasteiger partial charge < -0.3 is 18.9 Å². The molecule has 0 spiro atoms. The summed E-state index contributed by atoms with van der Waals surface area (Å²) < 4.78 is 34.5. The molecule has 0 fully saturated rings. The highest BCUT2D eigenvalue weighted by molar-refractivity contribution is 7.47. The van der Waals surface area contributed by atoms with Crippen molar-refractivity contribution < 1.29 is 42.1 Å². The Morgan fingerprint density at radius 2 is 0.826 bits per heavy atom. The first-order chi connectivity index (χ1) is 33.5. The largest absolute Gasteiger partial charge is 0.472 e. The van der Waals surface area contributed by atoms with Crippen LogP contribution < -0.4 is 0 Å². The van der Waals surface area contributed by atoms with Crippen LogP contribution in [0, 0.1) is 0 Å². The zero-order chi connectivity index (χ0) is 50.6. The minimum atomic E-state index is -4.38. The second-order valence-electron chi connectivity index (χ2n) is 20.3. The Morgan fingerprint density at radius 1 is 0.464 bits per heavy atom. The standard InChI is InChI=1S/C59H108NO8P/c1-6-8-10-12-14-16-18-20-21-22-23-24-25-26-27-28-29-30-31-32-33-34-35-36-37-38-39-40-42-44-46-48-50-52-59(62)68-57(56-67-69(63,64)66-54-53-60(3,4)5)55-65-58(61)51-49-47-45-43-41-19-17-15-13-11-9-7-2/h8,10,14-17,20-21,23-24,57H,6-7,9,11-13,18-19,22,25-56H2,1-5H3/p+1/b10-8-,16-14-,17-15-,21-20-,24-23-. The lowest BCUT2D eigenvalue weighted by Crippen LogP contribution is -2.37. The molecule has 1 N–H and O–H groups in total. The van der Waals surface area contributed by atoms with Gasteiger partial charge in [-0.25, -0.2) is 4.57 Å². The topological polar surface area (TPSA) is 108 Å². The predicted molar refractivity (Wildman–Crippen MR) is 293 cm³/mol. The Bertz CT molecular complexity index is 1350. The Balaban J connectivity index is 3.99. The van der Waals surface area contributed by atoms with E-state index in [0.717, 1.165) is 77.0 Å². The summed E-state index contributed by atoms with van der Waals surface area (Å²) in [7, 11) is 1.48. The summed E-state index contributed by atoms with van der Waals surface area (Å²) in [4.78, 5) is 35.5. The minimum Gasteiger partial charge on any atom is -0.462 e. The van der Waals surface area contributed by atoms with Gasteiger partial charge in [0.05, 0.1) is 27.7 Å². The van der Waals surface area contributed by atoms with Gasteiger partial charge in [0.25, 0.3) is 0 Å². The van der Waals surface area contributed by atoms with Gasteiger partial charge in [0.1, 0.15) is 19.8 Å². The molecule has 0 bridgehead atoms. The Hall–Kier alpha value is -2.29. The molecule has 0 aliphatic rings. The molecule has 0 saturated heterocycles. The van der Waals surface area contributed by atoms with Gasteiger partial charge in [0, 0.05) is 12.8 Å². The average molecular weight is 991 g/mol. The van der Waals surface area contributed by atoms with Gasteiger partial charge in [0.2, 0.25) is 0 Å². The zero-order valence-electron chi connectivity index (χ0n) is 45.5. The van der Waals surface area contributed by atoms with E-state index in [9.17, 15) is 19.0 Å². The lowest BCUT2D eigenvalue weighted by Gasteiger charge is -2.24. The maximum absolute atomic E-state index is 12.8. The first kappa shape index (κ1) is 66.7. The lowest BCUT2D eigenvalue weighted by molar-refractivity contribution is -0.870. The van der Waals surface area contributed by atoms with Crippen molar-refractivity contribution in [2.24, 2.45) is 0 Å². The van der Waals surface area contributed by atoms with Gasteiger partial charge in [-0.05, 0) is 77.0 Å². The van der Waals surface area contributed by atoms with E-state index >= 15 is 0 Å². The van der Waals surface area contributed by atoms with Crippen LogP contribution in [0.4, 0.5) is 0 Å². The van der Waals surface area contributed by atoms with Crippen LogP contribution in [-0.2, 0) is 32.7 Å². The van der Waals surface area contributed by atoms with Gasteiger partial charge in [-0.1, -0.05) is 222 Å². The van der Waals surface area contributed by atoms with Crippen molar-refractivity contribution in [3.63, 3.8) is 0 Å². The number of likely N-dealkylation sites (N-methyl/N-ethyl adjacent to an activating group) is 1. The maximum atomic E-state index is 12.8. The Kier molecular flexibility index (Phi) is 49.0. The van der Waals surface area contributed by atoms with E-state index in [0.29, 0.717) is 17.4 Å². The molecule has 402 valence electrons. The number of esters is 2. The summed E-state index contributed by atoms with van der Waals surface area (Å²) in [5, 5.41) is 0. The van der Waals surface area contributed by atoms with Crippen molar-refractivity contribution in [1.82, 2.24) is 0 Å². The predicted octanol–water partition coefficient (Wildman–Crippen LogP) is 17.5. The highest BCUT2D eigenvalue weighted by atomic mass is 31.2. The van der Waals surface area contributed by atoms with Crippen LogP contribution in [0.25, 0.3) is 0 Å². The molecule has 2 unspecified atom stereocenters. The second-order valence-corrected chi connectivity index (χ2v) is 21.7. The van der Waals surface area contributed by atoms with Crippen molar-refractivity contribution in [3.8, 4) is 0 Å². The average Bonchev–Trinajstić information content (AvgIpc) is 3.31. The summed E-state index contributed by atoms with van der Waals surface area (Å²) in [6, 6.07) is 0. The number of carbonyl (C=O) groups excluding carboxylic acids is 2. The minimum absolute atomic E-state index is 0.0308. The molecule has 69 heavy (non-hydrogen) atoms. The number of ether oxygens (including phenoxy) is 2. The van der Waals surface area contributed by atoms with E-state index in [2.05, 4.69) is 74.6 Å². The molecule has 0 aromatic rings. The van der Waals surface area contributed by atoms with Gasteiger partial charge in [0.15, 0.2) is 6.10 Å². The van der Waals surface area contributed by atoms with Gasteiger partial charge >= 0.3 is 19.8 Å². The molecule has 10 heteroatoms. The molecule has 2 atom stereocenters. The smallest absolute Gasteiger partial charge is 0.462 e. The molecule has 0 aromatic heterocycles. The number of quaternary nitrogens is 1. The van der Waals surface area contributed by atoms with E-state index in [1.165, 1.54) is 141 Å². The molecule has 9 nitrogen and oxygen atoms in total. The van der Waals surface area contributed by atoms with Crippen LogP contribution in [0.15, 0.2) is 60.8 Å². The monoisotopic (exact) mass is 991 g/mol. The number of rotatable bonds is 52. The first-order valence-corrected chi connectivity index (χ1v) is 30.0. The molecule has 0 aromatic carbocycles. The molecule has 0 heterocycles. The number of hydrogen-bond donors (Lipinski definition) is 1. The fourth-order valence-corrected chi connectivity index (χ4v) is 8.63. The maximum Gasteiger partial charge on any atom is 0.472 e. The second kappa shape index (κ2) is 50.6. The zero-order valence-corrected chi connectivity index (χ0v) is 46.4. The molecular formula is C59H109NO8P+. The lowest BCUT2D eigenvalue weighted by atomic mass is 10.0. The van der Waals surface area contributed by atoms with E-state index in [1.807, 2.05) is 21.1 Å². The third-order valence-electron chi connectivity index (χ3n) is 12.3. The molecule has 0 radical (unpaired) electrons. The number of unbranched alkanes of at least 4 members (excludes halogenated alkanes) is 28. The number of phosphoric acid groups is 1. The summed E-state index contributed by atoms with van der Waals surface area (Å²) in [6.45, 7) is 4.30. The fourth-order valence-electron chi connectivity index (χ4n) is 7.88. The Labute approximate surface area is 426 Å². The molecule has 0 saturated carbocycles.